The Morgan fingerprint density at radius 3 is 2.32 bits per heavy atom. The number of carbonyl (C=O) groups excluding carboxylic acids is 1. The van der Waals surface area contributed by atoms with Gasteiger partial charge in [-0.05, 0) is 32.9 Å². The van der Waals surface area contributed by atoms with Gasteiger partial charge in [0.2, 0.25) is 0 Å². The minimum atomic E-state index is -0.0340. The molecule has 0 radical (unpaired) electrons. The van der Waals surface area contributed by atoms with Crippen LogP contribution in [0.3, 0.4) is 0 Å². The quantitative estimate of drug-likeness (QED) is 0.625. The average Bonchev–Trinajstić information content (AvgIpc) is 2.78. The maximum Gasteiger partial charge on any atom is 0.189 e. The van der Waals surface area contributed by atoms with Gasteiger partial charge < -0.3 is 0 Å². The van der Waals surface area contributed by atoms with Crippen molar-refractivity contribution in [2.24, 2.45) is 14.1 Å². The normalized spacial score (nSPS) is 11.4. The van der Waals surface area contributed by atoms with Crippen molar-refractivity contribution in [3.63, 3.8) is 0 Å². The zero-order valence-corrected chi connectivity index (χ0v) is 11.9. The predicted molar refractivity (Wildman–Crippen MR) is 74.0 cm³/mol. The van der Waals surface area contributed by atoms with Gasteiger partial charge in [-0.25, -0.2) is 0 Å². The van der Waals surface area contributed by atoms with Crippen molar-refractivity contribution >= 4 is 11.9 Å². The van der Waals surface area contributed by atoms with Crippen molar-refractivity contribution in [2.45, 2.75) is 20.8 Å². The molecule has 19 heavy (non-hydrogen) atoms. The van der Waals surface area contributed by atoms with E-state index in [1.807, 2.05) is 45.6 Å². The van der Waals surface area contributed by atoms with Gasteiger partial charge in [-0.2, -0.15) is 10.2 Å². The van der Waals surface area contributed by atoms with Gasteiger partial charge in [-0.3, -0.25) is 14.2 Å². The Hall–Kier alpha value is -2.17. The first-order chi connectivity index (χ1) is 8.90. The standard InChI is InChI=1S/C14H18N4O/c1-9-12(11(3)18(5)16-9)6-7-14(19)13-8-17(4)15-10(13)2/h6-8H,1-5H3/b7-6+. The third kappa shape index (κ3) is 2.50. The molecule has 100 valence electrons. The van der Waals surface area contributed by atoms with E-state index in [1.165, 1.54) is 0 Å². The Balaban J connectivity index is 2.28. The van der Waals surface area contributed by atoms with E-state index >= 15 is 0 Å². The van der Waals surface area contributed by atoms with Crippen molar-refractivity contribution in [1.29, 1.82) is 0 Å². The lowest BCUT2D eigenvalue weighted by molar-refractivity contribution is 0.104. The molecule has 0 N–H and O–H groups in total. The first kappa shape index (κ1) is 13.3. The summed E-state index contributed by atoms with van der Waals surface area (Å²) in [7, 11) is 3.70. The molecule has 2 rings (SSSR count). The first-order valence-corrected chi connectivity index (χ1v) is 6.13. The second kappa shape index (κ2) is 4.84. The Bertz CT molecular complexity index is 661. The fraction of sp³-hybridized carbons (Fsp3) is 0.357. The molecule has 0 aliphatic carbocycles. The van der Waals surface area contributed by atoms with Crippen LogP contribution in [0.4, 0.5) is 0 Å². The fourth-order valence-corrected chi connectivity index (χ4v) is 2.12. The third-order valence-electron chi connectivity index (χ3n) is 3.25. The van der Waals surface area contributed by atoms with Crippen LogP contribution in [0.5, 0.6) is 0 Å². The topological polar surface area (TPSA) is 52.7 Å². The monoisotopic (exact) mass is 258 g/mol. The summed E-state index contributed by atoms with van der Waals surface area (Å²) in [5, 5.41) is 8.49. The summed E-state index contributed by atoms with van der Waals surface area (Å²) < 4.78 is 3.46. The molecule has 0 atom stereocenters. The van der Waals surface area contributed by atoms with Crippen molar-refractivity contribution < 1.29 is 4.79 Å². The number of carbonyl (C=O) groups is 1. The number of aromatic nitrogens is 4. The molecule has 0 saturated carbocycles. The maximum atomic E-state index is 12.1. The molecule has 0 bridgehead atoms. The number of ketones is 1. The molecule has 0 aliphatic rings. The number of rotatable bonds is 3. The molecule has 0 saturated heterocycles. The molecule has 0 fully saturated rings. The van der Waals surface area contributed by atoms with Gasteiger partial charge in [-0.1, -0.05) is 0 Å². The lowest BCUT2D eigenvalue weighted by Gasteiger charge is -1.95. The molecule has 0 spiro atoms. The van der Waals surface area contributed by atoms with Gasteiger partial charge in [0.1, 0.15) is 0 Å². The van der Waals surface area contributed by atoms with Crippen LogP contribution in [0.2, 0.25) is 0 Å². The van der Waals surface area contributed by atoms with Crippen LogP contribution in [0.25, 0.3) is 6.08 Å². The third-order valence-corrected chi connectivity index (χ3v) is 3.25. The van der Waals surface area contributed by atoms with Gasteiger partial charge in [0, 0.05) is 31.5 Å². The highest BCUT2D eigenvalue weighted by Gasteiger charge is 2.11. The van der Waals surface area contributed by atoms with Gasteiger partial charge in [0.05, 0.1) is 17.0 Å². The van der Waals surface area contributed by atoms with Gasteiger partial charge in [-0.15, -0.1) is 0 Å². The molecule has 0 unspecified atom stereocenters. The van der Waals surface area contributed by atoms with E-state index in [-0.39, 0.29) is 5.78 Å². The highest BCUT2D eigenvalue weighted by atomic mass is 16.1. The Morgan fingerprint density at radius 1 is 1.16 bits per heavy atom. The lowest BCUT2D eigenvalue weighted by Crippen LogP contribution is -1.95. The van der Waals surface area contributed by atoms with Crippen LogP contribution in [0, 0.1) is 20.8 Å². The molecule has 0 amide bonds. The summed E-state index contributed by atoms with van der Waals surface area (Å²) in [5.41, 5.74) is 4.35. The molecule has 2 aromatic heterocycles. The zero-order chi connectivity index (χ0) is 14.2. The van der Waals surface area contributed by atoms with Crippen LogP contribution >= 0.6 is 0 Å². The van der Waals surface area contributed by atoms with E-state index in [4.69, 9.17) is 0 Å². The molecule has 5 nitrogen and oxygen atoms in total. The predicted octanol–water partition coefficient (Wildman–Crippen LogP) is 1.97. The van der Waals surface area contributed by atoms with Crippen LogP contribution in [0.15, 0.2) is 12.3 Å². The van der Waals surface area contributed by atoms with Crippen LogP contribution < -0.4 is 0 Å². The van der Waals surface area contributed by atoms with Crippen molar-refractivity contribution in [3.8, 4) is 0 Å². The summed E-state index contributed by atoms with van der Waals surface area (Å²) in [4.78, 5) is 12.1. The van der Waals surface area contributed by atoms with Crippen molar-refractivity contribution in [2.75, 3.05) is 0 Å². The molecule has 0 aliphatic heterocycles. The number of allylic oxidation sites excluding steroid dienone is 1. The van der Waals surface area contributed by atoms with E-state index in [2.05, 4.69) is 10.2 Å². The summed E-state index contributed by atoms with van der Waals surface area (Å²) in [5.74, 6) is -0.0340. The van der Waals surface area contributed by atoms with Gasteiger partial charge >= 0.3 is 0 Å². The smallest absolute Gasteiger partial charge is 0.189 e. The summed E-state index contributed by atoms with van der Waals surface area (Å²) in [6.45, 7) is 5.76. The van der Waals surface area contributed by atoms with E-state index in [0.29, 0.717) is 5.56 Å². The zero-order valence-electron chi connectivity index (χ0n) is 11.9. The first-order valence-electron chi connectivity index (χ1n) is 6.13. The minimum absolute atomic E-state index is 0.0340. The highest BCUT2D eigenvalue weighted by molar-refractivity contribution is 6.07. The molecular formula is C14H18N4O. The number of nitrogens with zero attached hydrogens (tertiary/aromatic N) is 4. The summed E-state index contributed by atoms with van der Waals surface area (Å²) in [6, 6.07) is 0. The maximum absolute atomic E-state index is 12.1. The lowest BCUT2D eigenvalue weighted by atomic mass is 10.1. The summed E-state index contributed by atoms with van der Waals surface area (Å²) in [6.07, 6.45) is 5.15. The molecule has 5 heteroatoms. The Morgan fingerprint density at radius 2 is 1.84 bits per heavy atom. The van der Waals surface area contributed by atoms with E-state index < -0.39 is 0 Å². The highest BCUT2D eigenvalue weighted by Crippen LogP contribution is 2.15. The number of hydrogen-bond donors (Lipinski definition) is 0. The van der Waals surface area contributed by atoms with E-state index in [0.717, 1.165) is 22.6 Å². The largest absolute Gasteiger partial charge is 0.289 e. The summed E-state index contributed by atoms with van der Waals surface area (Å²) >= 11 is 0. The Labute approximate surface area is 112 Å². The van der Waals surface area contributed by atoms with Crippen molar-refractivity contribution in [1.82, 2.24) is 19.6 Å². The second-order valence-corrected chi connectivity index (χ2v) is 4.71. The second-order valence-electron chi connectivity index (χ2n) is 4.71. The van der Waals surface area contributed by atoms with E-state index in [9.17, 15) is 4.79 Å². The molecular weight excluding hydrogens is 240 g/mol. The fourth-order valence-electron chi connectivity index (χ4n) is 2.12. The molecule has 2 heterocycles. The number of aryl methyl sites for hydroxylation is 4. The Kier molecular flexibility index (Phi) is 3.38. The molecule has 2 aromatic rings. The van der Waals surface area contributed by atoms with Crippen LogP contribution in [0.1, 0.15) is 33.0 Å². The molecule has 0 aromatic carbocycles. The average molecular weight is 258 g/mol. The van der Waals surface area contributed by atoms with Crippen LogP contribution in [-0.2, 0) is 14.1 Å². The van der Waals surface area contributed by atoms with Crippen LogP contribution in [-0.4, -0.2) is 25.3 Å². The SMILES string of the molecule is Cc1nn(C)cc1C(=O)/C=C/c1c(C)nn(C)c1C. The number of hydrogen-bond acceptors (Lipinski definition) is 3. The van der Waals surface area contributed by atoms with E-state index in [1.54, 1.807) is 17.0 Å². The van der Waals surface area contributed by atoms with Gasteiger partial charge in [0.15, 0.2) is 5.78 Å². The minimum Gasteiger partial charge on any atom is -0.289 e. The van der Waals surface area contributed by atoms with Crippen molar-refractivity contribution in [3.05, 3.63) is 40.5 Å². The van der Waals surface area contributed by atoms with Gasteiger partial charge in [0.25, 0.3) is 0 Å².